The number of hydrogen-bond acceptors (Lipinski definition) is 3. The Morgan fingerprint density at radius 2 is 2.00 bits per heavy atom. The molecular weight excluding hydrogens is 276 g/mol. The molecule has 0 aromatic heterocycles. The first-order valence-corrected chi connectivity index (χ1v) is 10.2. The average Bonchev–Trinajstić information content (AvgIpc) is 2.36. The van der Waals surface area contributed by atoms with Crippen LogP contribution in [0.3, 0.4) is 0 Å². The van der Waals surface area contributed by atoms with Gasteiger partial charge in [0, 0.05) is 25.3 Å². The van der Waals surface area contributed by atoms with Crippen molar-refractivity contribution in [3.63, 3.8) is 0 Å². The SMILES string of the molecule is C[Si](C)OC(CN1CCc2ccc(N)cc2C1)C(C)(C)C. The number of nitrogens with two attached hydrogens (primary N) is 1. The van der Waals surface area contributed by atoms with Crippen molar-refractivity contribution in [1.29, 1.82) is 0 Å². The van der Waals surface area contributed by atoms with Gasteiger partial charge in [0.15, 0.2) is 0 Å². The Bertz CT molecular complexity index is 482. The second-order valence-electron chi connectivity index (χ2n) is 7.39. The minimum Gasteiger partial charge on any atom is -0.412 e. The predicted molar refractivity (Wildman–Crippen MR) is 91.6 cm³/mol. The van der Waals surface area contributed by atoms with E-state index in [-0.39, 0.29) is 5.41 Å². The van der Waals surface area contributed by atoms with Crippen LogP contribution < -0.4 is 5.73 Å². The van der Waals surface area contributed by atoms with Crippen LogP contribution in [0.4, 0.5) is 5.69 Å². The van der Waals surface area contributed by atoms with Gasteiger partial charge in [-0.3, -0.25) is 4.90 Å². The molecule has 3 nitrogen and oxygen atoms in total. The highest BCUT2D eigenvalue weighted by Crippen LogP contribution is 2.27. The van der Waals surface area contributed by atoms with E-state index in [0.717, 1.165) is 31.7 Å². The summed E-state index contributed by atoms with van der Waals surface area (Å²) < 4.78 is 6.26. The minimum absolute atomic E-state index is 0.179. The molecule has 21 heavy (non-hydrogen) atoms. The standard InChI is InChI=1S/C17H29N2OSi/c1-17(2,3)16(20-21(4)5)12-19-9-8-13-6-7-15(18)10-14(13)11-19/h6-7,10,16H,8-9,11-12,18H2,1-5H3. The van der Waals surface area contributed by atoms with Crippen molar-refractivity contribution in [3.8, 4) is 0 Å². The molecule has 1 heterocycles. The fourth-order valence-corrected chi connectivity index (χ4v) is 3.80. The van der Waals surface area contributed by atoms with Gasteiger partial charge >= 0.3 is 0 Å². The second-order valence-corrected chi connectivity index (χ2v) is 9.45. The second kappa shape index (κ2) is 6.51. The molecule has 4 heteroatoms. The van der Waals surface area contributed by atoms with Gasteiger partial charge in [0.1, 0.15) is 0 Å². The molecule has 0 amide bonds. The molecule has 0 saturated carbocycles. The van der Waals surface area contributed by atoms with Crippen molar-refractivity contribution in [1.82, 2.24) is 4.90 Å². The first-order valence-electron chi connectivity index (χ1n) is 7.82. The van der Waals surface area contributed by atoms with Crippen molar-refractivity contribution in [2.24, 2.45) is 5.41 Å². The molecular formula is C17H29N2OSi. The van der Waals surface area contributed by atoms with Crippen LogP contribution in [0, 0.1) is 5.41 Å². The van der Waals surface area contributed by atoms with Gasteiger partial charge in [-0.15, -0.1) is 0 Å². The monoisotopic (exact) mass is 305 g/mol. The van der Waals surface area contributed by atoms with E-state index >= 15 is 0 Å². The molecule has 0 spiro atoms. The maximum Gasteiger partial charge on any atom is 0.205 e. The summed E-state index contributed by atoms with van der Waals surface area (Å²) in [5.41, 5.74) is 9.80. The summed E-state index contributed by atoms with van der Waals surface area (Å²) in [5, 5.41) is 0. The van der Waals surface area contributed by atoms with Gasteiger partial charge < -0.3 is 10.2 Å². The van der Waals surface area contributed by atoms with Crippen molar-refractivity contribution < 1.29 is 4.43 Å². The Hall–Kier alpha value is -0.843. The number of hydrogen-bond donors (Lipinski definition) is 1. The summed E-state index contributed by atoms with van der Waals surface area (Å²) >= 11 is 0. The maximum absolute atomic E-state index is 6.26. The predicted octanol–water partition coefficient (Wildman–Crippen LogP) is 3.31. The van der Waals surface area contributed by atoms with Crippen LogP contribution in [-0.4, -0.2) is 33.1 Å². The topological polar surface area (TPSA) is 38.5 Å². The fourth-order valence-electron chi connectivity index (χ4n) is 2.80. The van der Waals surface area contributed by atoms with Gasteiger partial charge in [0.25, 0.3) is 0 Å². The molecule has 0 aliphatic carbocycles. The van der Waals surface area contributed by atoms with Gasteiger partial charge in [-0.05, 0) is 48.2 Å². The Morgan fingerprint density at radius 1 is 1.29 bits per heavy atom. The smallest absolute Gasteiger partial charge is 0.205 e. The lowest BCUT2D eigenvalue weighted by atomic mass is 9.88. The first-order chi connectivity index (χ1) is 9.75. The molecule has 0 fully saturated rings. The van der Waals surface area contributed by atoms with Crippen molar-refractivity contribution in [2.45, 2.75) is 52.9 Å². The number of anilines is 1. The number of nitrogen functional groups attached to an aromatic ring is 1. The third-order valence-corrected chi connectivity index (χ3v) is 4.85. The number of nitrogens with zero attached hydrogens (tertiary/aromatic N) is 1. The summed E-state index contributed by atoms with van der Waals surface area (Å²) in [7, 11) is -0.679. The Balaban J connectivity index is 2.06. The summed E-state index contributed by atoms with van der Waals surface area (Å²) in [6.07, 6.45) is 1.41. The van der Waals surface area contributed by atoms with Crippen molar-refractivity contribution >= 4 is 14.7 Å². The van der Waals surface area contributed by atoms with Crippen LogP contribution in [0.25, 0.3) is 0 Å². The summed E-state index contributed by atoms with van der Waals surface area (Å²) in [5.74, 6) is 0. The number of fused-ring (bicyclic) bond motifs is 1. The van der Waals surface area contributed by atoms with Crippen LogP contribution in [0.15, 0.2) is 18.2 Å². The number of benzene rings is 1. The molecule has 1 aromatic carbocycles. The molecule has 117 valence electrons. The van der Waals surface area contributed by atoms with Gasteiger partial charge in [-0.2, -0.15) is 0 Å². The molecule has 1 atom stereocenters. The zero-order chi connectivity index (χ0) is 15.6. The first kappa shape index (κ1) is 16.5. The van der Waals surface area contributed by atoms with Crippen LogP contribution in [0.5, 0.6) is 0 Å². The van der Waals surface area contributed by atoms with E-state index in [0.29, 0.717) is 6.10 Å². The number of rotatable bonds is 4. The van der Waals surface area contributed by atoms with Gasteiger partial charge in [-0.25, -0.2) is 0 Å². The molecule has 2 rings (SSSR count). The van der Waals surface area contributed by atoms with E-state index in [1.165, 1.54) is 11.1 Å². The Morgan fingerprint density at radius 3 is 2.62 bits per heavy atom. The van der Waals surface area contributed by atoms with E-state index in [4.69, 9.17) is 10.2 Å². The summed E-state index contributed by atoms with van der Waals surface area (Å²) in [6, 6.07) is 6.32. The lowest BCUT2D eigenvalue weighted by Gasteiger charge is -2.38. The molecule has 1 unspecified atom stereocenters. The van der Waals surface area contributed by atoms with Crippen LogP contribution >= 0.6 is 0 Å². The summed E-state index contributed by atoms with van der Waals surface area (Å²) in [6.45, 7) is 14.4. The molecule has 0 saturated heterocycles. The molecule has 1 aromatic rings. The zero-order valence-corrected chi connectivity index (χ0v) is 15.1. The molecule has 1 aliphatic rings. The quantitative estimate of drug-likeness (QED) is 0.685. The van der Waals surface area contributed by atoms with E-state index < -0.39 is 9.04 Å². The maximum atomic E-state index is 6.26. The van der Waals surface area contributed by atoms with Gasteiger partial charge in [0.2, 0.25) is 9.04 Å². The summed E-state index contributed by atoms with van der Waals surface area (Å²) in [4.78, 5) is 2.52. The van der Waals surface area contributed by atoms with Gasteiger partial charge in [-0.1, -0.05) is 26.8 Å². The van der Waals surface area contributed by atoms with E-state index in [9.17, 15) is 0 Å². The lowest BCUT2D eigenvalue weighted by Crippen LogP contribution is -2.44. The molecule has 2 N–H and O–H groups in total. The van der Waals surface area contributed by atoms with Crippen molar-refractivity contribution in [2.75, 3.05) is 18.8 Å². The lowest BCUT2D eigenvalue weighted by molar-refractivity contribution is 0.0434. The van der Waals surface area contributed by atoms with Crippen molar-refractivity contribution in [3.05, 3.63) is 29.3 Å². The molecule has 1 radical (unpaired) electrons. The van der Waals surface area contributed by atoms with E-state index in [1.54, 1.807) is 0 Å². The van der Waals surface area contributed by atoms with E-state index in [1.807, 2.05) is 6.07 Å². The third-order valence-electron chi connectivity index (χ3n) is 4.09. The highest BCUT2D eigenvalue weighted by Gasteiger charge is 2.29. The van der Waals surface area contributed by atoms with E-state index in [2.05, 4.69) is 50.9 Å². The largest absolute Gasteiger partial charge is 0.412 e. The highest BCUT2D eigenvalue weighted by atomic mass is 28.3. The normalized spacial score (nSPS) is 17.8. The fraction of sp³-hybridized carbons (Fsp3) is 0.647. The van der Waals surface area contributed by atoms with Crippen LogP contribution in [0.2, 0.25) is 13.1 Å². The molecule has 1 aliphatic heterocycles. The van der Waals surface area contributed by atoms with Crippen LogP contribution in [-0.2, 0) is 17.4 Å². The molecule has 0 bridgehead atoms. The Labute approximate surface area is 131 Å². The average molecular weight is 306 g/mol. The minimum atomic E-state index is -0.679. The third kappa shape index (κ3) is 4.56. The zero-order valence-electron chi connectivity index (χ0n) is 14.1. The van der Waals surface area contributed by atoms with Crippen LogP contribution in [0.1, 0.15) is 31.9 Å². The highest BCUT2D eigenvalue weighted by molar-refractivity contribution is 6.48. The Kier molecular flexibility index (Phi) is 5.12. The van der Waals surface area contributed by atoms with Gasteiger partial charge in [0.05, 0.1) is 6.10 Å².